The van der Waals surface area contributed by atoms with Crippen LogP contribution in [0.4, 0.5) is 0 Å². The summed E-state index contributed by atoms with van der Waals surface area (Å²) in [6.45, 7) is 8.96. The van der Waals surface area contributed by atoms with Crippen LogP contribution in [0.15, 0.2) is 24.3 Å². The van der Waals surface area contributed by atoms with Gasteiger partial charge in [-0.15, -0.1) is 0 Å². The Kier molecular flexibility index (Phi) is 4.38. The van der Waals surface area contributed by atoms with E-state index in [2.05, 4.69) is 49.9 Å². The van der Waals surface area contributed by atoms with Gasteiger partial charge in [-0.1, -0.05) is 29.8 Å². The maximum Gasteiger partial charge on any atom is 0.0678 e. The van der Waals surface area contributed by atoms with Crippen LogP contribution in [0, 0.1) is 6.92 Å². The third-order valence-electron chi connectivity index (χ3n) is 3.54. The molecule has 0 saturated carbocycles. The van der Waals surface area contributed by atoms with E-state index >= 15 is 0 Å². The van der Waals surface area contributed by atoms with Crippen LogP contribution in [0.5, 0.6) is 0 Å². The summed E-state index contributed by atoms with van der Waals surface area (Å²) in [5.74, 6) is 0. The second-order valence-corrected chi connectivity index (χ2v) is 5.38. The van der Waals surface area contributed by atoms with E-state index in [1.165, 1.54) is 11.1 Å². The molecule has 0 radical (unpaired) electrons. The SMILES string of the molecule is Cc1cccc(C(CN)N2CC(C)OC(C)C2)c1. The zero-order valence-corrected chi connectivity index (χ0v) is 11.6. The maximum absolute atomic E-state index is 5.99. The monoisotopic (exact) mass is 248 g/mol. The van der Waals surface area contributed by atoms with Gasteiger partial charge >= 0.3 is 0 Å². The number of rotatable bonds is 3. The minimum Gasteiger partial charge on any atom is -0.373 e. The van der Waals surface area contributed by atoms with E-state index in [1.54, 1.807) is 0 Å². The highest BCUT2D eigenvalue weighted by molar-refractivity contribution is 5.25. The summed E-state index contributed by atoms with van der Waals surface area (Å²) in [7, 11) is 0. The molecule has 3 atom stereocenters. The number of nitrogens with zero attached hydrogens (tertiary/aromatic N) is 1. The summed E-state index contributed by atoms with van der Waals surface area (Å²) >= 11 is 0. The molecule has 2 N–H and O–H groups in total. The summed E-state index contributed by atoms with van der Waals surface area (Å²) in [5, 5.41) is 0. The van der Waals surface area contributed by atoms with Crippen molar-refractivity contribution in [3.8, 4) is 0 Å². The summed E-state index contributed by atoms with van der Waals surface area (Å²) in [6.07, 6.45) is 0.570. The van der Waals surface area contributed by atoms with Crippen LogP contribution in [0.2, 0.25) is 0 Å². The van der Waals surface area contributed by atoms with E-state index in [1.807, 2.05) is 0 Å². The van der Waals surface area contributed by atoms with Gasteiger partial charge < -0.3 is 10.5 Å². The number of aryl methyl sites for hydroxylation is 1. The number of nitrogens with two attached hydrogens (primary N) is 1. The first-order chi connectivity index (χ1) is 8.60. The Morgan fingerprint density at radius 3 is 2.56 bits per heavy atom. The number of hydrogen-bond donors (Lipinski definition) is 1. The van der Waals surface area contributed by atoms with E-state index in [0.29, 0.717) is 12.6 Å². The first-order valence-electron chi connectivity index (χ1n) is 6.76. The Morgan fingerprint density at radius 2 is 2.00 bits per heavy atom. The Hall–Kier alpha value is -0.900. The molecule has 1 aromatic carbocycles. The van der Waals surface area contributed by atoms with Gasteiger partial charge in [0.1, 0.15) is 0 Å². The Bertz CT molecular complexity index is 384. The van der Waals surface area contributed by atoms with E-state index in [-0.39, 0.29) is 12.2 Å². The summed E-state index contributed by atoms with van der Waals surface area (Å²) in [6, 6.07) is 8.96. The lowest BCUT2D eigenvalue weighted by atomic mass is 10.0. The lowest BCUT2D eigenvalue weighted by molar-refractivity contribution is -0.0799. The smallest absolute Gasteiger partial charge is 0.0678 e. The maximum atomic E-state index is 5.99. The highest BCUT2D eigenvalue weighted by atomic mass is 16.5. The van der Waals surface area contributed by atoms with Crippen molar-refractivity contribution < 1.29 is 4.74 Å². The highest BCUT2D eigenvalue weighted by Gasteiger charge is 2.28. The Labute approximate surface area is 110 Å². The molecule has 1 aromatic rings. The summed E-state index contributed by atoms with van der Waals surface area (Å²) in [4.78, 5) is 2.45. The molecule has 0 bridgehead atoms. The van der Waals surface area contributed by atoms with Crippen molar-refractivity contribution in [1.29, 1.82) is 0 Å². The molecular weight excluding hydrogens is 224 g/mol. The second-order valence-electron chi connectivity index (χ2n) is 5.38. The average Bonchev–Trinajstić information content (AvgIpc) is 2.28. The topological polar surface area (TPSA) is 38.5 Å². The zero-order chi connectivity index (χ0) is 13.1. The van der Waals surface area contributed by atoms with Gasteiger partial charge in [-0.2, -0.15) is 0 Å². The van der Waals surface area contributed by atoms with Gasteiger partial charge in [0.05, 0.1) is 12.2 Å². The van der Waals surface area contributed by atoms with E-state index in [0.717, 1.165) is 13.1 Å². The van der Waals surface area contributed by atoms with Gasteiger partial charge in [-0.05, 0) is 26.3 Å². The lowest BCUT2D eigenvalue weighted by Gasteiger charge is -2.40. The third-order valence-corrected chi connectivity index (χ3v) is 3.54. The fourth-order valence-electron chi connectivity index (χ4n) is 2.85. The highest BCUT2D eigenvalue weighted by Crippen LogP contribution is 2.24. The average molecular weight is 248 g/mol. The van der Waals surface area contributed by atoms with Crippen LogP contribution in [0.25, 0.3) is 0 Å². The molecule has 100 valence electrons. The fourth-order valence-corrected chi connectivity index (χ4v) is 2.85. The number of benzene rings is 1. The van der Waals surface area contributed by atoms with Crippen LogP contribution in [-0.2, 0) is 4.74 Å². The fraction of sp³-hybridized carbons (Fsp3) is 0.600. The first kappa shape index (κ1) is 13.5. The van der Waals surface area contributed by atoms with E-state index < -0.39 is 0 Å². The van der Waals surface area contributed by atoms with Crippen molar-refractivity contribution >= 4 is 0 Å². The lowest BCUT2D eigenvalue weighted by Crippen LogP contribution is -2.48. The number of hydrogen-bond acceptors (Lipinski definition) is 3. The largest absolute Gasteiger partial charge is 0.373 e. The van der Waals surface area contributed by atoms with Crippen LogP contribution < -0.4 is 5.73 Å². The van der Waals surface area contributed by atoms with Crippen molar-refractivity contribution in [1.82, 2.24) is 4.90 Å². The zero-order valence-electron chi connectivity index (χ0n) is 11.6. The van der Waals surface area contributed by atoms with E-state index in [4.69, 9.17) is 10.5 Å². The van der Waals surface area contributed by atoms with Gasteiger partial charge in [-0.3, -0.25) is 4.90 Å². The Balaban J connectivity index is 2.17. The van der Waals surface area contributed by atoms with Crippen LogP contribution in [0.1, 0.15) is 31.0 Å². The van der Waals surface area contributed by atoms with Crippen LogP contribution in [0.3, 0.4) is 0 Å². The van der Waals surface area contributed by atoms with Crippen molar-refractivity contribution in [2.45, 2.75) is 39.0 Å². The number of morpholine rings is 1. The van der Waals surface area contributed by atoms with Crippen molar-refractivity contribution in [3.63, 3.8) is 0 Å². The molecule has 1 aliphatic rings. The molecule has 1 aliphatic heterocycles. The third kappa shape index (κ3) is 3.10. The second kappa shape index (κ2) is 5.83. The number of ether oxygens (including phenoxy) is 1. The molecule has 3 heteroatoms. The predicted molar refractivity (Wildman–Crippen MR) is 74.6 cm³/mol. The molecule has 1 heterocycles. The van der Waals surface area contributed by atoms with E-state index in [9.17, 15) is 0 Å². The summed E-state index contributed by atoms with van der Waals surface area (Å²) in [5.41, 5.74) is 8.60. The predicted octanol–water partition coefficient (Wildman–Crippen LogP) is 2.10. The quantitative estimate of drug-likeness (QED) is 0.890. The molecule has 1 saturated heterocycles. The molecule has 0 aliphatic carbocycles. The van der Waals surface area contributed by atoms with Crippen LogP contribution in [-0.4, -0.2) is 36.7 Å². The molecular formula is C15H24N2O. The molecule has 0 aromatic heterocycles. The molecule has 3 unspecified atom stereocenters. The normalized spacial score (nSPS) is 27.1. The molecule has 2 rings (SSSR count). The van der Waals surface area contributed by atoms with Gasteiger partial charge in [0.25, 0.3) is 0 Å². The molecule has 0 amide bonds. The first-order valence-corrected chi connectivity index (χ1v) is 6.76. The minimum atomic E-state index is 0.285. The van der Waals surface area contributed by atoms with Gasteiger partial charge in [0.15, 0.2) is 0 Å². The Morgan fingerprint density at radius 1 is 1.33 bits per heavy atom. The van der Waals surface area contributed by atoms with Crippen molar-refractivity contribution in [3.05, 3.63) is 35.4 Å². The molecule has 1 fully saturated rings. The summed E-state index contributed by atoms with van der Waals surface area (Å²) < 4.78 is 5.79. The van der Waals surface area contributed by atoms with Gasteiger partial charge in [-0.25, -0.2) is 0 Å². The van der Waals surface area contributed by atoms with Crippen molar-refractivity contribution in [2.75, 3.05) is 19.6 Å². The molecule has 0 spiro atoms. The van der Waals surface area contributed by atoms with Crippen LogP contribution >= 0.6 is 0 Å². The van der Waals surface area contributed by atoms with Gasteiger partial charge in [0, 0.05) is 25.7 Å². The van der Waals surface area contributed by atoms with Gasteiger partial charge in [0.2, 0.25) is 0 Å². The minimum absolute atomic E-state index is 0.285. The molecule has 18 heavy (non-hydrogen) atoms. The standard InChI is InChI=1S/C15H24N2O/c1-11-5-4-6-14(7-11)15(8-16)17-9-12(2)18-13(3)10-17/h4-7,12-13,15H,8-10,16H2,1-3H3. The van der Waals surface area contributed by atoms with Crippen molar-refractivity contribution in [2.24, 2.45) is 5.73 Å². The molecule has 3 nitrogen and oxygen atoms in total.